The lowest BCUT2D eigenvalue weighted by Crippen LogP contribution is -2.52. The molecule has 2 aliphatic rings. The van der Waals surface area contributed by atoms with Crippen LogP contribution in [0.1, 0.15) is 31.4 Å². The Kier molecular flexibility index (Phi) is 4.90. The van der Waals surface area contributed by atoms with Crippen LogP contribution >= 0.6 is 0 Å². The van der Waals surface area contributed by atoms with Crippen LogP contribution in [0.4, 0.5) is 0 Å². The summed E-state index contributed by atoms with van der Waals surface area (Å²) in [5.74, 6) is -0.106. The fourth-order valence-electron chi connectivity index (χ4n) is 4.00. The van der Waals surface area contributed by atoms with E-state index < -0.39 is 0 Å². The Morgan fingerprint density at radius 2 is 1.88 bits per heavy atom. The number of nitrogens with zero attached hydrogens (tertiary/aromatic N) is 2. The first kappa shape index (κ1) is 17.0. The van der Waals surface area contributed by atoms with Gasteiger partial charge in [0.25, 0.3) is 0 Å². The largest absolute Gasteiger partial charge is 0.369 e. The lowest BCUT2D eigenvalue weighted by Gasteiger charge is -2.38. The minimum atomic E-state index is -0.293. The molecule has 0 aliphatic carbocycles. The highest BCUT2D eigenvalue weighted by molar-refractivity contribution is 5.84. The van der Waals surface area contributed by atoms with Gasteiger partial charge in [-0.3, -0.25) is 14.5 Å². The summed E-state index contributed by atoms with van der Waals surface area (Å²) in [6, 6.07) is 8.34. The van der Waals surface area contributed by atoms with Crippen LogP contribution in [0.25, 0.3) is 0 Å². The first-order valence-electron chi connectivity index (χ1n) is 8.86. The standard InChI is InChI=1S/C19H27N3O2/c1-13(2)17(19(24)22-10-8-16(12-22)18(20)23)21-9-7-14-5-3-4-6-15(14)11-21/h3-6,13,16-17H,7-12H2,1-2H3,(H2,20,23). The van der Waals surface area contributed by atoms with E-state index in [0.29, 0.717) is 19.5 Å². The predicted molar refractivity (Wildman–Crippen MR) is 93.1 cm³/mol. The minimum Gasteiger partial charge on any atom is -0.369 e. The molecule has 0 bridgehead atoms. The summed E-state index contributed by atoms with van der Waals surface area (Å²) in [6.07, 6.45) is 1.67. The first-order valence-corrected chi connectivity index (χ1v) is 8.86. The van der Waals surface area contributed by atoms with E-state index in [1.54, 1.807) is 0 Å². The van der Waals surface area contributed by atoms with Crippen LogP contribution in [0.15, 0.2) is 24.3 Å². The van der Waals surface area contributed by atoms with Gasteiger partial charge in [0.1, 0.15) is 0 Å². The number of amides is 2. The van der Waals surface area contributed by atoms with E-state index in [1.165, 1.54) is 11.1 Å². The predicted octanol–water partition coefficient (Wildman–Crippen LogP) is 1.40. The highest BCUT2D eigenvalue weighted by Gasteiger charge is 2.37. The zero-order chi connectivity index (χ0) is 17.3. The Hall–Kier alpha value is -1.88. The Morgan fingerprint density at radius 3 is 2.50 bits per heavy atom. The van der Waals surface area contributed by atoms with Crippen molar-refractivity contribution >= 4 is 11.8 Å². The number of fused-ring (bicyclic) bond motifs is 1. The molecule has 1 aromatic carbocycles. The Balaban J connectivity index is 1.74. The number of hydrogen-bond acceptors (Lipinski definition) is 3. The van der Waals surface area contributed by atoms with E-state index in [0.717, 1.165) is 19.5 Å². The third-order valence-corrected chi connectivity index (χ3v) is 5.34. The molecule has 2 aliphatic heterocycles. The van der Waals surface area contributed by atoms with E-state index in [4.69, 9.17) is 5.73 Å². The second-order valence-electron chi connectivity index (χ2n) is 7.35. The molecule has 5 heteroatoms. The van der Waals surface area contributed by atoms with Crippen LogP contribution < -0.4 is 5.73 Å². The molecule has 2 amide bonds. The van der Waals surface area contributed by atoms with Crippen LogP contribution in [-0.2, 0) is 22.6 Å². The van der Waals surface area contributed by atoms with Gasteiger partial charge in [-0.05, 0) is 29.9 Å². The molecule has 130 valence electrons. The van der Waals surface area contributed by atoms with E-state index in [9.17, 15) is 9.59 Å². The molecule has 2 N–H and O–H groups in total. The van der Waals surface area contributed by atoms with Crippen molar-refractivity contribution in [3.05, 3.63) is 35.4 Å². The molecule has 24 heavy (non-hydrogen) atoms. The zero-order valence-electron chi connectivity index (χ0n) is 14.6. The van der Waals surface area contributed by atoms with Crippen molar-refractivity contribution in [1.82, 2.24) is 9.80 Å². The first-order chi connectivity index (χ1) is 11.5. The average Bonchev–Trinajstić information content (AvgIpc) is 3.05. The van der Waals surface area contributed by atoms with Gasteiger partial charge in [-0.1, -0.05) is 38.1 Å². The normalized spacial score (nSPS) is 22.5. The molecule has 0 saturated carbocycles. The Bertz CT molecular complexity index is 629. The number of benzene rings is 1. The molecule has 3 rings (SSSR count). The topological polar surface area (TPSA) is 66.6 Å². The highest BCUT2D eigenvalue weighted by Crippen LogP contribution is 2.26. The van der Waals surface area contributed by atoms with Crippen molar-refractivity contribution in [3.63, 3.8) is 0 Å². The van der Waals surface area contributed by atoms with Gasteiger partial charge >= 0.3 is 0 Å². The fraction of sp³-hybridized carbons (Fsp3) is 0.579. The summed E-state index contributed by atoms with van der Waals surface area (Å²) in [4.78, 5) is 28.6. The van der Waals surface area contributed by atoms with Gasteiger partial charge in [0.2, 0.25) is 11.8 Å². The molecule has 2 atom stereocenters. The minimum absolute atomic E-state index is 0.134. The maximum absolute atomic E-state index is 13.1. The summed E-state index contributed by atoms with van der Waals surface area (Å²) in [5.41, 5.74) is 8.11. The zero-order valence-corrected chi connectivity index (χ0v) is 14.6. The lowest BCUT2D eigenvalue weighted by molar-refractivity contribution is -0.138. The van der Waals surface area contributed by atoms with Crippen molar-refractivity contribution < 1.29 is 9.59 Å². The second kappa shape index (κ2) is 6.93. The smallest absolute Gasteiger partial charge is 0.240 e. The van der Waals surface area contributed by atoms with Crippen LogP contribution in [-0.4, -0.2) is 47.3 Å². The molecular weight excluding hydrogens is 302 g/mol. The van der Waals surface area contributed by atoms with Crippen molar-refractivity contribution in [1.29, 1.82) is 0 Å². The SMILES string of the molecule is CC(C)C(C(=O)N1CCC(C(N)=O)C1)N1CCc2ccccc2C1. The van der Waals surface area contributed by atoms with Crippen LogP contribution in [0.5, 0.6) is 0 Å². The summed E-state index contributed by atoms with van der Waals surface area (Å²) in [5, 5.41) is 0. The molecule has 2 heterocycles. The lowest BCUT2D eigenvalue weighted by atomic mass is 9.94. The van der Waals surface area contributed by atoms with Crippen LogP contribution in [0.2, 0.25) is 0 Å². The molecule has 5 nitrogen and oxygen atoms in total. The van der Waals surface area contributed by atoms with Gasteiger partial charge in [-0.25, -0.2) is 0 Å². The van der Waals surface area contributed by atoms with Crippen molar-refractivity contribution in [2.45, 2.75) is 39.3 Å². The third-order valence-electron chi connectivity index (χ3n) is 5.34. The van der Waals surface area contributed by atoms with Gasteiger partial charge in [-0.15, -0.1) is 0 Å². The maximum Gasteiger partial charge on any atom is 0.240 e. The molecule has 0 spiro atoms. The fourth-order valence-corrected chi connectivity index (χ4v) is 4.00. The highest BCUT2D eigenvalue weighted by atomic mass is 16.2. The van der Waals surface area contributed by atoms with Gasteiger partial charge in [0.05, 0.1) is 12.0 Å². The van der Waals surface area contributed by atoms with Crippen molar-refractivity contribution in [2.24, 2.45) is 17.6 Å². The van der Waals surface area contributed by atoms with E-state index >= 15 is 0 Å². The number of hydrogen-bond donors (Lipinski definition) is 1. The molecule has 0 aromatic heterocycles. The molecule has 2 unspecified atom stereocenters. The van der Waals surface area contributed by atoms with Gasteiger partial charge in [0.15, 0.2) is 0 Å². The summed E-state index contributed by atoms with van der Waals surface area (Å²) >= 11 is 0. The van der Waals surface area contributed by atoms with E-state index in [1.807, 2.05) is 4.90 Å². The average molecular weight is 329 g/mol. The van der Waals surface area contributed by atoms with Gasteiger partial charge < -0.3 is 10.6 Å². The molecule has 1 aromatic rings. The molecule has 1 saturated heterocycles. The van der Waals surface area contributed by atoms with Gasteiger partial charge in [-0.2, -0.15) is 0 Å². The van der Waals surface area contributed by atoms with E-state index in [-0.39, 0.29) is 29.7 Å². The molecule has 1 fully saturated rings. The maximum atomic E-state index is 13.1. The van der Waals surface area contributed by atoms with Crippen LogP contribution in [0, 0.1) is 11.8 Å². The number of carbonyl (C=O) groups is 2. The number of nitrogens with two attached hydrogens (primary N) is 1. The Labute approximate surface area is 143 Å². The quantitative estimate of drug-likeness (QED) is 0.908. The van der Waals surface area contributed by atoms with Crippen LogP contribution in [0.3, 0.4) is 0 Å². The summed E-state index contributed by atoms with van der Waals surface area (Å²) < 4.78 is 0. The van der Waals surface area contributed by atoms with Crippen molar-refractivity contribution in [2.75, 3.05) is 19.6 Å². The summed E-state index contributed by atoms with van der Waals surface area (Å²) in [7, 11) is 0. The monoisotopic (exact) mass is 329 g/mol. The summed E-state index contributed by atoms with van der Waals surface area (Å²) in [6.45, 7) is 7.04. The van der Waals surface area contributed by atoms with Gasteiger partial charge in [0, 0.05) is 26.2 Å². The number of rotatable bonds is 4. The van der Waals surface area contributed by atoms with E-state index in [2.05, 4.69) is 43.0 Å². The Morgan fingerprint density at radius 1 is 1.17 bits per heavy atom. The molecular formula is C19H27N3O2. The third kappa shape index (κ3) is 3.31. The number of likely N-dealkylation sites (tertiary alicyclic amines) is 1. The molecule has 0 radical (unpaired) electrons. The van der Waals surface area contributed by atoms with Crippen molar-refractivity contribution in [3.8, 4) is 0 Å². The second-order valence-corrected chi connectivity index (χ2v) is 7.35. The number of primary amides is 1. The number of carbonyl (C=O) groups excluding carboxylic acids is 2.